The molecule has 1 heterocycles. The Morgan fingerprint density at radius 2 is 1.85 bits per heavy atom. The molecule has 3 rings (SSSR count). The van der Waals surface area contributed by atoms with E-state index in [2.05, 4.69) is 29.5 Å². The molecular weight excluding hydrogens is 418 g/mol. The second kappa shape index (κ2) is 11.6. The molecule has 0 bridgehead atoms. The van der Waals surface area contributed by atoms with Crippen LogP contribution in [0.2, 0.25) is 0 Å². The Morgan fingerprint density at radius 1 is 1.12 bits per heavy atom. The summed E-state index contributed by atoms with van der Waals surface area (Å²) in [5.74, 6) is -0.0297. The Hall–Kier alpha value is -3.26. The Kier molecular flexibility index (Phi) is 8.54. The van der Waals surface area contributed by atoms with Crippen molar-refractivity contribution in [2.24, 2.45) is 5.92 Å². The standard InChI is InChI=1S/C25H33N5O3/c1-18(2)13-15-29(23(31)17-30-22-8-6-5-7-21(22)27-28-30)24(25(32)26-14-16-33-4)20-11-9-19(3)10-12-20/h5-12,18,24H,13-17H2,1-4H3,(H,26,32). The van der Waals surface area contributed by atoms with E-state index in [1.54, 1.807) is 16.7 Å². The van der Waals surface area contributed by atoms with Crippen molar-refractivity contribution < 1.29 is 14.3 Å². The minimum atomic E-state index is -0.747. The van der Waals surface area contributed by atoms with E-state index in [4.69, 9.17) is 4.74 Å². The Balaban J connectivity index is 1.93. The molecule has 2 amide bonds. The number of hydrogen-bond donors (Lipinski definition) is 1. The third-order valence-electron chi connectivity index (χ3n) is 5.53. The quantitative estimate of drug-likeness (QED) is 0.453. The van der Waals surface area contributed by atoms with Gasteiger partial charge in [0.1, 0.15) is 18.1 Å². The molecule has 0 saturated carbocycles. The molecule has 0 aliphatic carbocycles. The topological polar surface area (TPSA) is 89.4 Å². The number of nitrogens with zero attached hydrogens (tertiary/aromatic N) is 4. The third-order valence-corrected chi connectivity index (χ3v) is 5.53. The van der Waals surface area contributed by atoms with Gasteiger partial charge in [-0.1, -0.05) is 61.0 Å². The highest BCUT2D eigenvalue weighted by molar-refractivity contribution is 5.89. The number of rotatable bonds is 11. The van der Waals surface area contributed by atoms with Crippen LogP contribution in [-0.4, -0.2) is 58.5 Å². The zero-order valence-corrected chi connectivity index (χ0v) is 19.8. The average molecular weight is 452 g/mol. The molecule has 176 valence electrons. The number of ether oxygens (including phenoxy) is 1. The number of para-hydroxylation sites is 1. The molecule has 2 aromatic carbocycles. The van der Waals surface area contributed by atoms with Crippen LogP contribution in [0.1, 0.15) is 37.4 Å². The van der Waals surface area contributed by atoms with Crippen molar-refractivity contribution >= 4 is 22.8 Å². The van der Waals surface area contributed by atoms with Gasteiger partial charge < -0.3 is 15.0 Å². The number of methoxy groups -OCH3 is 1. The summed E-state index contributed by atoms with van der Waals surface area (Å²) in [6.07, 6.45) is 0.775. The molecule has 0 aliphatic heterocycles. The molecule has 8 heteroatoms. The van der Waals surface area contributed by atoms with Crippen molar-refractivity contribution in [3.63, 3.8) is 0 Å². The Bertz CT molecular complexity index is 1060. The third kappa shape index (κ3) is 6.38. The minimum Gasteiger partial charge on any atom is -0.383 e. The summed E-state index contributed by atoms with van der Waals surface area (Å²) in [5.41, 5.74) is 3.38. The Labute approximate surface area is 194 Å². The van der Waals surface area contributed by atoms with E-state index < -0.39 is 6.04 Å². The van der Waals surface area contributed by atoms with Gasteiger partial charge in [-0.15, -0.1) is 5.10 Å². The molecule has 1 aromatic heterocycles. The molecular formula is C25H33N5O3. The van der Waals surface area contributed by atoms with Crippen LogP contribution in [0, 0.1) is 12.8 Å². The van der Waals surface area contributed by atoms with Crippen LogP contribution in [0.5, 0.6) is 0 Å². The molecule has 8 nitrogen and oxygen atoms in total. The molecule has 0 saturated heterocycles. The second-order valence-corrected chi connectivity index (χ2v) is 8.60. The van der Waals surface area contributed by atoms with E-state index in [9.17, 15) is 9.59 Å². The van der Waals surface area contributed by atoms with Crippen LogP contribution in [0.3, 0.4) is 0 Å². The number of nitrogens with one attached hydrogen (secondary N) is 1. The van der Waals surface area contributed by atoms with E-state index in [1.165, 1.54) is 0 Å². The first kappa shape index (κ1) is 24.4. The van der Waals surface area contributed by atoms with Gasteiger partial charge in [-0.25, -0.2) is 4.68 Å². The predicted molar refractivity (Wildman–Crippen MR) is 128 cm³/mol. The largest absolute Gasteiger partial charge is 0.383 e. The van der Waals surface area contributed by atoms with Crippen molar-refractivity contribution in [2.75, 3.05) is 26.8 Å². The average Bonchev–Trinajstić information content (AvgIpc) is 3.20. The number of amides is 2. The number of aromatic nitrogens is 3. The fraction of sp³-hybridized carbons (Fsp3) is 0.440. The van der Waals surface area contributed by atoms with Crippen molar-refractivity contribution in [2.45, 2.75) is 39.8 Å². The molecule has 3 aromatic rings. The summed E-state index contributed by atoms with van der Waals surface area (Å²) in [7, 11) is 1.59. The maximum atomic E-state index is 13.6. The molecule has 1 unspecified atom stereocenters. The van der Waals surface area contributed by atoms with Gasteiger partial charge in [0, 0.05) is 20.2 Å². The highest BCUT2D eigenvalue weighted by Crippen LogP contribution is 2.24. The predicted octanol–water partition coefficient (Wildman–Crippen LogP) is 3.12. The highest BCUT2D eigenvalue weighted by atomic mass is 16.5. The number of carbonyl (C=O) groups excluding carboxylic acids is 2. The maximum absolute atomic E-state index is 13.6. The SMILES string of the molecule is COCCNC(=O)C(c1ccc(C)cc1)N(CCC(C)C)C(=O)Cn1nnc2ccccc21. The molecule has 33 heavy (non-hydrogen) atoms. The first-order valence-electron chi connectivity index (χ1n) is 11.3. The van der Waals surface area contributed by atoms with E-state index in [-0.39, 0.29) is 18.4 Å². The van der Waals surface area contributed by atoms with Crippen molar-refractivity contribution in [1.82, 2.24) is 25.2 Å². The lowest BCUT2D eigenvalue weighted by molar-refractivity contribution is -0.141. The van der Waals surface area contributed by atoms with Gasteiger partial charge in [-0.05, 0) is 37.0 Å². The van der Waals surface area contributed by atoms with Gasteiger partial charge in [0.25, 0.3) is 0 Å². The lowest BCUT2D eigenvalue weighted by atomic mass is 10.0. The van der Waals surface area contributed by atoms with Gasteiger partial charge in [0.2, 0.25) is 11.8 Å². The van der Waals surface area contributed by atoms with E-state index in [1.807, 2.05) is 55.5 Å². The zero-order chi connectivity index (χ0) is 23.8. The van der Waals surface area contributed by atoms with E-state index in [0.29, 0.717) is 25.6 Å². The number of fused-ring (bicyclic) bond motifs is 1. The monoisotopic (exact) mass is 451 g/mol. The van der Waals surface area contributed by atoms with Crippen molar-refractivity contribution in [1.29, 1.82) is 0 Å². The number of aryl methyl sites for hydroxylation is 1. The van der Waals surface area contributed by atoms with Crippen LogP contribution in [0.15, 0.2) is 48.5 Å². The maximum Gasteiger partial charge on any atom is 0.247 e. The number of carbonyl (C=O) groups is 2. The molecule has 1 N–H and O–H groups in total. The van der Waals surface area contributed by atoms with Crippen LogP contribution in [0.25, 0.3) is 11.0 Å². The first-order valence-corrected chi connectivity index (χ1v) is 11.3. The van der Waals surface area contributed by atoms with Crippen LogP contribution < -0.4 is 5.32 Å². The normalized spacial score (nSPS) is 12.2. The minimum absolute atomic E-state index is 0.00627. The fourth-order valence-electron chi connectivity index (χ4n) is 3.64. The van der Waals surface area contributed by atoms with Gasteiger partial charge >= 0.3 is 0 Å². The van der Waals surface area contributed by atoms with Crippen molar-refractivity contribution in [3.8, 4) is 0 Å². The van der Waals surface area contributed by atoms with Crippen molar-refractivity contribution in [3.05, 3.63) is 59.7 Å². The molecule has 0 spiro atoms. The highest BCUT2D eigenvalue weighted by Gasteiger charge is 2.31. The summed E-state index contributed by atoms with van der Waals surface area (Å²) in [4.78, 5) is 28.6. The Morgan fingerprint density at radius 3 is 2.55 bits per heavy atom. The lowest BCUT2D eigenvalue weighted by Gasteiger charge is -2.32. The van der Waals surface area contributed by atoms with E-state index in [0.717, 1.165) is 28.6 Å². The summed E-state index contributed by atoms with van der Waals surface area (Å²) in [5, 5.41) is 11.2. The molecule has 0 aliphatic rings. The van der Waals surface area contributed by atoms with Gasteiger partial charge in [-0.3, -0.25) is 9.59 Å². The van der Waals surface area contributed by atoms with Gasteiger partial charge in [-0.2, -0.15) is 0 Å². The van der Waals surface area contributed by atoms with Gasteiger partial charge in [0.15, 0.2) is 0 Å². The smallest absolute Gasteiger partial charge is 0.247 e. The van der Waals surface area contributed by atoms with Crippen LogP contribution in [0.4, 0.5) is 0 Å². The zero-order valence-electron chi connectivity index (χ0n) is 19.8. The van der Waals surface area contributed by atoms with Crippen LogP contribution in [-0.2, 0) is 20.9 Å². The van der Waals surface area contributed by atoms with Crippen LogP contribution >= 0.6 is 0 Å². The number of benzene rings is 2. The van der Waals surface area contributed by atoms with E-state index >= 15 is 0 Å². The molecule has 0 radical (unpaired) electrons. The number of hydrogen-bond acceptors (Lipinski definition) is 5. The first-order chi connectivity index (χ1) is 15.9. The lowest BCUT2D eigenvalue weighted by Crippen LogP contribution is -2.46. The van der Waals surface area contributed by atoms with Gasteiger partial charge in [0.05, 0.1) is 12.1 Å². The molecule has 1 atom stereocenters. The summed E-state index contributed by atoms with van der Waals surface area (Å²) in [6.45, 7) is 7.44. The summed E-state index contributed by atoms with van der Waals surface area (Å²) >= 11 is 0. The summed E-state index contributed by atoms with van der Waals surface area (Å²) in [6, 6.07) is 14.5. The summed E-state index contributed by atoms with van der Waals surface area (Å²) < 4.78 is 6.67. The fourth-order valence-corrected chi connectivity index (χ4v) is 3.64. The second-order valence-electron chi connectivity index (χ2n) is 8.60. The molecule has 0 fully saturated rings.